The molecule has 2 amide bonds. The van der Waals surface area contributed by atoms with E-state index in [1.807, 2.05) is 25.3 Å². The van der Waals surface area contributed by atoms with E-state index in [0.717, 1.165) is 30.4 Å². The lowest BCUT2D eigenvalue weighted by Crippen LogP contribution is -2.36. The molecule has 0 bridgehead atoms. The summed E-state index contributed by atoms with van der Waals surface area (Å²) in [6.07, 6.45) is 9.62. The third kappa shape index (κ3) is 4.36. The number of hydrogen-bond acceptors (Lipinski definition) is 4. The molecule has 178 valence electrons. The molecule has 1 saturated heterocycles. The van der Waals surface area contributed by atoms with Crippen molar-refractivity contribution in [2.75, 3.05) is 26.2 Å². The van der Waals surface area contributed by atoms with Gasteiger partial charge in [0.05, 0.1) is 5.39 Å². The molecule has 2 aliphatic heterocycles. The lowest BCUT2D eigenvalue weighted by Gasteiger charge is -2.28. The highest BCUT2D eigenvalue weighted by Crippen LogP contribution is 2.33. The summed E-state index contributed by atoms with van der Waals surface area (Å²) in [6, 6.07) is 5.13. The van der Waals surface area contributed by atoms with Gasteiger partial charge in [-0.2, -0.15) is 5.10 Å². The minimum Gasteiger partial charge on any atom is -0.451 e. The molecule has 7 nitrogen and oxygen atoms in total. The van der Waals surface area contributed by atoms with E-state index < -0.39 is 5.82 Å². The van der Waals surface area contributed by atoms with Gasteiger partial charge in [0.1, 0.15) is 11.4 Å². The van der Waals surface area contributed by atoms with Gasteiger partial charge in [0.15, 0.2) is 5.76 Å². The zero-order valence-electron chi connectivity index (χ0n) is 19.4. The molecule has 1 aromatic carbocycles. The number of aromatic nitrogens is 2. The summed E-state index contributed by atoms with van der Waals surface area (Å²) in [6.45, 7) is 4.77. The Hall–Kier alpha value is -3.42. The Morgan fingerprint density at radius 3 is 2.71 bits per heavy atom. The lowest BCUT2D eigenvalue weighted by atomic mass is 9.96. The number of benzene rings is 1. The average Bonchev–Trinajstić information content (AvgIpc) is 3.56. The number of likely N-dealkylation sites (tertiary alicyclic amines) is 1. The van der Waals surface area contributed by atoms with E-state index in [1.54, 1.807) is 26.7 Å². The Bertz CT molecular complexity index is 1240. The van der Waals surface area contributed by atoms with Crippen LogP contribution in [0.2, 0.25) is 0 Å². The van der Waals surface area contributed by atoms with Gasteiger partial charge in [-0.05, 0) is 55.9 Å². The Morgan fingerprint density at radius 2 is 1.94 bits per heavy atom. The van der Waals surface area contributed by atoms with Crippen LogP contribution in [0.1, 0.15) is 53.8 Å². The van der Waals surface area contributed by atoms with Crippen molar-refractivity contribution in [3.8, 4) is 0 Å². The van der Waals surface area contributed by atoms with Crippen molar-refractivity contribution in [3.63, 3.8) is 0 Å². The number of hydrogen-bond donors (Lipinski definition) is 0. The van der Waals surface area contributed by atoms with Crippen LogP contribution in [-0.2, 0) is 11.3 Å². The first-order valence-electron chi connectivity index (χ1n) is 12.0. The number of nitrogens with zero attached hydrogens (tertiary/aromatic N) is 4. The summed E-state index contributed by atoms with van der Waals surface area (Å²) in [5.41, 5.74) is 2.43. The molecule has 0 unspecified atom stereocenters. The second-order valence-electron chi connectivity index (χ2n) is 9.11. The van der Waals surface area contributed by atoms with Gasteiger partial charge in [0.2, 0.25) is 5.91 Å². The number of rotatable bonds is 5. The molecule has 8 heteroatoms. The molecule has 0 aliphatic carbocycles. The summed E-state index contributed by atoms with van der Waals surface area (Å²) in [5.74, 6) is -0.373. The van der Waals surface area contributed by atoms with Crippen molar-refractivity contribution < 1.29 is 18.4 Å². The fourth-order valence-corrected chi connectivity index (χ4v) is 4.88. The van der Waals surface area contributed by atoms with Crippen LogP contribution in [0.15, 0.2) is 41.1 Å². The number of furan rings is 1. The monoisotopic (exact) mass is 464 g/mol. The van der Waals surface area contributed by atoms with Crippen molar-refractivity contribution >= 4 is 28.4 Å². The van der Waals surface area contributed by atoms with Crippen LogP contribution >= 0.6 is 0 Å². The zero-order chi connectivity index (χ0) is 23.7. The second kappa shape index (κ2) is 9.44. The number of halogens is 1. The van der Waals surface area contributed by atoms with Crippen molar-refractivity contribution in [2.24, 2.45) is 0 Å². The molecular formula is C26H29FN4O3. The van der Waals surface area contributed by atoms with E-state index in [0.29, 0.717) is 62.1 Å². The van der Waals surface area contributed by atoms with Crippen LogP contribution in [0.4, 0.5) is 4.39 Å². The van der Waals surface area contributed by atoms with Gasteiger partial charge >= 0.3 is 0 Å². The largest absolute Gasteiger partial charge is 0.451 e. The Kier molecular flexibility index (Phi) is 6.22. The van der Waals surface area contributed by atoms with Gasteiger partial charge in [-0.15, -0.1) is 0 Å². The third-order valence-electron chi connectivity index (χ3n) is 6.74. The van der Waals surface area contributed by atoms with E-state index in [1.165, 1.54) is 6.07 Å². The summed E-state index contributed by atoms with van der Waals surface area (Å²) in [7, 11) is 0. The number of piperidine rings is 1. The van der Waals surface area contributed by atoms with Gasteiger partial charge in [0.25, 0.3) is 5.91 Å². The van der Waals surface area contributed by atoms with E-state index in [2.05, 4.69) is 5.10 Å². The highest BCUT2D eigenvalue weighted by atomic mass is 19.1. The lowest BCUT2D eigenvalue weighted by molar-refractivity contribution is -0.131. The molecular weight excluding hydrogens is 435 g/mol. The Morgan fingerprint density at radius 1 is 1.12 bits per heavy atom. The molecule has 4 heterocycles. The van der Waals surface area contributed by atoms with Crippen molar-refractivity contribution in [2.45, 2.75) is 45.6 Å². The minimum atomic E-state index is -0.404. The molecule has 5 rings (SSSR count). The van der Waals surface area contributed by atoms with E-state index in [4.69, 9.17) is 4.42 Å². The summed E-state index contributed by atoms with van der Waals surface area (Å²) >= 11 is 0. The van der Waals surface area contributed by atoms with Crippen LogP contribution in [0.25, 0.3) is 16.5 Å². The molecule has 0 N–H and O–H groups in total. The number of aryl methyl sites for hydroxylation is 2. The maximum absolute atomic E-state index is 15.7. The first-order chi connectivity index (χ1) is 16.5. The first kappa shape index (κ1) is 22.4. The smallest absolute Gasteiger partial charge is 0.289 e. The SMILES string of the molecule is Cc1cc(C2=CCCN(C(=O)CCn3cccn3)C2)c(F)c2cc(C(=O)N3CCCCC3)oc12. The van der Waals surface area contributed by atoms with Gasteiger partial charge < -0.3 is 14.2 Å². The topological polar surface area (TPSA) is 71.6 Å². The summed E-state index contributed by atoms with van der Waals surface area (Å²) in [4.78, 5) is 29.2. The Balaban J connectivity index is 1.36. The quantitative estimate of drug-likeness (QED) is 0.561. The van der Waals surface area contributed by atoms with Crippen LogP contribution in [0.5, 0.6) is 0 Å². The van der Waals surface area contributed by atoms with Crippen LogP contribution in [0, 0.1) is 12.7 Å². The predicted molar refractivity (Wildman–Crippen MR) is 127 cm³/mol. The standard InChI is InChI=1S/C26H29FN4O3/c1-18-15-20(19-7-5-12-30(17-19)23(32)8-14-31-13-6-9-28-31)24(27)21-16-22(34-25(18)21)26(33)29-10-3-2-4-11-29/h6-7,9,13,15-16H,2-5,8,10-12,14,17H2,1H3. The highest BCUT2D eigenvalue weighted by molar-refractivity contribution is 5.98. The van der Waals surface area contributed by atoms with Gasteiger partial charge in [-0.1, -0.05) is 6.08 Å². The predicted octanol–water partition coefficient (Wildman–Crippen LogP) is 4.41. The van der Waals surface area contributed by atoms with Crippen LogP contribution < -0.4 is 0 Å². The van der Waals surface area contributed by atoms with Crippen molar-refractivity contribution in [1.29, 1.82) is 0 Å². The molecule has 1 fully saturated rings. The molecule has 0 spiro atoms. The molecule has 34 heavy (non-hydrogen) atoms. The Labute approximate surface area is 197 Å². The zero-order valence-corrected chi connectivity index (χ0v) is 19.4. The van der Waals surface area contributed by atoms with Crippen molar-refractivity contribution in [3.05, 3.63) is 59.4 Å². The van der Waals surface area contributed by atoms with E-state index in [-0.39, 0.29) is 17.6 Å². The van der Waals surface area contributed by atoms with Crippen LogP contribution in [-0.4, -0.2) is 57.6 Å². The normalized spacial score (nSPS) is 16.7. The fraction of sp³-hybridized carbons (Fsp3) is 0.423. The van der Waals surface area contributed by atoms with Crippen LogP contribution in [0.3, 0.4) is 0 Å². The summed E-state index contributed by atoms with van der Waals surface area (Å²) < 4.78 is 23.2. The molecule has 0 atom stereocenters. The number of amides is 2. The fourth-order valence-electron chi connectivity index (χ4n) is 4.88. The molecule has 0 saturated carbocycles. The van der Waals surface area contributed by atoms with Gasteiger partial charge in [-0.25, -0.2) is 4.39 Å². The highest BCUT2D eigenvalue weighted by Gasteiger charge is 2.26. The molecule has 2 aromatic heterocycles. The molecule has 3 aromatic rings. The second-order valence-corrected chi connectivity index (χ2v) is 9.11. The first-order valence-corrected chi connectivity index (χ1v) is 12.0. The summed E-state index contributed by atoms with van der Waals surface area (Å²) in [5, 5.41) is 4.46. The molecule has 2 aliphatic rings. The van der Waals surface area contributed by atoms with Gasteiger partial charge in [-0.3, -0.25) is 14.3 Å². The third-order valence-corrected chi connectivity index (χ3v) is 6.74. The van der Waals surface area contributed by atoms with Crippen molar-refractivity contribution in [1.82, 2.24) is 19.6 Å². The van der Waals surface area contributed by atoms with Gasteiger partial charge in [0, 0.05) is 63.2 Å². The number of carbonyl (C=O) groups excluding carboxylic acids is 2. The van der Waals surface area contributed by atoms with E-state index >= 15 is 4.39 Å². The molecule has 0 radical (unpaired) electrons. The maximum Gasteiger partial charge on any atom is 0.289 e. The number of fused-ring (bicyclic) bond motifs is 1. The van der Waals surface area contributed by atoms with E-state index in [9.17, 15) is 9.59 Å². The number of carbonyl (C=O) groups is 2. The minimum absolute atomic E-state index is 0.0250. The average molecular weight is 465 g/mol. The maximum atomic E-state index is 15.7.